The maximum atomic E-state index is 13.0. The lowest BCUT2D eigenvalue weighted by atomic mass is 10.1. The minimum atomic E-state index is -1.05. The van der Waals surface area contributed by atoms with Crippen LogP contribution in [0.5, 0.6) is 5.75 Å². The zero-order valence-electron chi connectivity index (χ0n) is 10.9. The Balaban J connectivity index is 2.31. The van der Waals surface area contributed by atoms with Crippen molar-refractivity contribution in [3.8, 4) is 5.75 Å². The molecule has 1 heterocycles. The molecule has 1 aromatic heterocycles. The van der Waals surface area contributed by atoms with E-state index in [1.807, 2.05) is 0 Å². The minimum absolute atomic E-state index is 0.165. The van der Waals surface area contributed by atoms with Crippen molar-refractivity contribution in [2.75, 3.05) is 0 Å². The summed E-state index contributed by atoms with van der Waals surface area (Å²) in [7, 11) is 0. The molecule has 2 rings (SSSR count). The highest BCUT2D eigenvalue weighted by atomic mass is 19.2. The van der Waals surface area contributed by atoms with Crippen molar-refractivity contribution in [1.29, 1.82) is 0 Å². The van der Waals surface area contributed by atoms with Gasteiger partial charge in [0.05, 0.1) is 0 Å². The number of ketones is 1. The molecule has 1 N–H and O–H groups in total. The third kappa shape index (κ3) is 3.22. The summed E-state index contributed by atoms with van der Waals surface area (Å²) in [6.07, 6.45) is 2.16. The van der Waals surface area contributed by atoms with Gasteiger partial charge in [0.25, 0.3) is 0 Å². The van der Waals surface area contributed by atoms with Gasteiger partial charge in [-0.15, -0.1) is 0 Å². The predicted octanol–water partition coefficient (Wildman–Crippen LogP) is 2.83. The van der Waals surface area contributed by atoms with Crippen molar-refractivity contribution in [2.45, 2.75) is 6.92 Å². The van der Waals surface area contributed by atoms with Crippen molar-refractivity contribution in [3.05, 3.63) is 69.3 Å². The van der Waals surface area contributed by atoms with Crippen LogP contribution in [0.4, 0.5) is 8.78 Å². The number of carbonyl (C=O) groups is 1. The Morgan fingerprint density at radius 3 is 2.57 bits per heavy atom. The highest BCUT2D eigenvalue weighted by Gasteiger charge is 2.15. The van der Waals surface area contributed by atoms with Crippen LogP contribution in [0.3, 0.4) is 0 Å². The molecule has 0 aliphatic carbocycles. The lowest BCUT2D eigenvalue weighted by Gasteiger charge is -2.00. The zero-order chi connectivity index (χ0) is 15.6. The SMILES string of the molecule is Cc1cc(O)c(C(=O)/C=C/c2ccc(F)c(F)c2)c(=O)o1. The van der Waals surface area contributed by atoms with E-state index in [2.05, 4.69) is 0 Å². The number of rotatable bonds is 3. The molecule has 0 fully saturated rings. The van der Waals surface area contributed by atoms with Crippen LogP contribution in [0.15, 0.2) is 39.6 Å². The van der Waals surface area contributed by atoms with Gasteiger partial charge in [0.15, 0.2) is 17.4 Å². The van der Waals surface area contributed by atoms with Gasteiger partial charge >= 0.3 is 5.63 Å². The van der Waals surface area contributed by atoms with E-state index in [-0.39, 0.29) is 11.3 Å². The van der Waals surface area contributed by atoms with Crippen molar-refractivity contribution in [2.24, 2.45) is 0 Å². The van der Waals surface area contributed by atoms with E-state index in [1.54, 1.807) is 0 Å². The van der Waals surface area contributed by atoms with Gasteiger partial charge in [0.1, 0.15) is 17.1 Å². The summed E-state index contributed by atoms with van der Waals surface area (Å²) in [6.45, 7) is 1.45. The lowest BCUT2D eigenvalue weighted by Crippen LogP contribution is -2.12. The van der Waals surface area contributed by atoms with Gasteiger partial charge in [-0.2, -0.15) is 0 Å². The molecular weight excluding hydrogens is 282 g/mol. The third-order valence-electron chi connectivity index (χ3n) is 2.67. The summed E-state index contributed by atoms with van der Waals surface area (Å²) < 4.78 is 30.5. The van der Waals surface area contributed by atoms with Crippen LogP contribution in [-0.2, 0) is 0 Å². The van der Waals surface area contributed by atoms with E-state index in [9.17, 15) is 23.5 Å². The normalized spacial score (nSPS) is 11.0. The molecule has 0 unspecified atom stereocenters. The smallest absolute Gasteiger partial charge is 0.351 e. The van der Waals surface area contributed by atoms with Gasteiger partial charge < -0.3 is 9.52 Å². The van der Waals surface area contributed by atoms with Gasteiger partial charge in [0.2, 0.25) is 0 Å². The van der Waals surface area contributed by atoms with E-state index < -0.39 is 34.4 Å². The van der Waals surface area contributed by atoms with Crippen molar-refractivity contribution >= 4 is 11.9 Å². The Kier molecular flexibility index (Phi) is 3.98. The Hall–Kier alpha value is -2.76. The summed E-state index contributed by atoms with van der Waals surface area (Å²) in [4.78, 5) is 23.4. The standard InChI is InChI=1S/C15H10F2O4/c1-8-6-13(19)14(15(20)21-8)12(18)5-3-9-2-4-10(16)11(17)7-9/h2-7,19H,1H3/b5-3+. The van der Waals surface area contributed by atoms with Crippen molar-refractivity contribution < 1.29 is 23.1 Å². The highest BCUT2D eigenvalue weighted by molar-refractivity contribution is 6.08. The number of carbonyl (C=O) groups excluding carboxylic acids is 1. The fourth-order valence-electron chi connectivity index (χ4n) is 1.69. The molecule has 0 saturated heterocycles. The van der Waals surface area contributed by atoms with Gasteiger partial charge in [-0.3, -0.25) is 4.79 Å². The molecule has 0 radical (unpaired) electrons. The molecule has 4 nitrogen and oxygen atoms in total. The van der Waals surface area contributed by atoms with Crippen LogP contribution in [0.1, 0.15) is 21.7 Å². The third-order valence-corrected chi connectivity index (χ3v) is 2.67. The largest absolute Gasteiger partial charge is 0.507 e. The number of aromatic hydroxyl groups is 1. The first-order valence-corrected chi connectivity index (χ1v) is 5.89. The van der Waals surface area contributed by atoms with Crippen LogP contribution in [-0.4, -0.2) is 10.9 Å². The summed E-state index contributed by atoms with van der Waals surface area (Å²) >= 11 is 0. The quantitative estimate of drug-likeness (QED) is 0.697. The van der Waals surface area contributed by atoms with Crippen LogP contribution in [0.2, 0.25) is 0 Å². The molecule has 0 aliphatic heterocycles. The maximum absolute atomic E-state index is 13.0. The van der Waals surface area contributed by atoms with E-state index in [1.165, 1.54) is 19.1 Å². The molecule has 108 valence electrons. The summed E-state index contributed by atoms with van der Waals surface area (Å²) in [5.41, 5.74) is -1.25. The summed E-state index contributed by atoms with van der Waals surface area (Å²) in [5, 5.41) is 9.60. The van der Waals surface area contributed by atoms with Crippen LogP contribution >= 0.6 is 0 Å². The molecule has 0 saturated carbocycles. The maximum Gasteiger partial charge on any atom is 0.351 e. The number of benzene rings is 1. The molecular formula is C15H10F2O4. The fraction of sp³-hybridized carbons (Fsp3) is 0.0667. The second-order valence-corrected chi connectivity index (χ2v) is 4.28. The molecule has 21 heavy (non-hydrogen) atoms. The van der Waals surface area contributed by atoms with Crippen molar-refractivity contribution in [3.63, 3.8) is 0 Å². The van der Waals surface area contributed by atoms with Crippen molar-refractivity contribution in [1.82, 2.24) is 0 Å². The Morgan fingerprint density at radius 1 is 1.24 bits per heavy atom. The molecule has 1 aromatic carbocycles. The Morgan fingerprint density at radius 2 is 1.95 bits per heavy atom. The Bertz CT molecular complexity index is 791. The average Bonchev–Trinajstić information content (AvgIpc) is 2.39. The number of halogens is 2. The lowest BCUT2D eigenvalue weighted by molar-refractivity contribution is 0.104. The van der Waals surface area contributed by atoms with E-state index in [0.29, 0.717) is 0 Å². The van der Waals surface area contributed by atoms with Crippen LogP contribution < -0.4 is 5.63 Å². The predicted molar refractivity (Wildman–Crippen MR) is 71.1 cm³/mol. The number of hydrogen-bond acceptors (Lipinski definition) is 4. The van der Waals surface area contributed by atoms with Crippen LogP contribution in [0.25, 0.3) is 6.08 Å². The highest BCUT2D eigenvalue weighted by Crippen LogP contribution is 2.16. The minimum Gasteiger partial charge on any atom is -0.507 e. The Labute approximate surface area is 118 Å². The average molecular weight is 292 g/mol. The monoisotopic (exact) mass is 292 g/mol. The van der Waals surface area contributed by atoms with E-state index >= 15 is 0 Å². The van der Waals surface area contributed by atoms with E-state index in [4.69, 9.17) is 4.42 Å². The molecule has 0 amide bonds. The van der Waals surface area contributed by atoms with Gasteiger partial charge in [-0.05, 0) is 30.7 Å². The van der Waals surface area contributed by atoms with Gasteiger partial charge in [-0.1, -0.05) is 12.1 Å². The first-order valence-electron chi connectivity index (χ1n) is 5.89. The van der Waals surface area contributed by atoms with Crippen LogP contribution in [0, 0.1) is 18.6 Å². The molecule has 0 spiro atoms. The fourth-order valence-corrected chi connectivity index (χ4v) is 1.69. The zero-order valence-corrected chi connectivity index (χ0v) is 10.9. The first kappa shape index (κ1) is 14.6. The van der Waals surface area contributed by atoms with Gasteiger partial charge in [0, 0.05) is 6.07 Å². The molecule has 6 heteroatoms. The second kappa shape index (κ2) is 5.70. The molecule has 2 aromatic rings. The second-order valence-electron chi connectivity index (χ2n) is 4.28. The molecule has 0 atom stereocenters. The van der Waals surface area contributed by atoms with E-state index in [0.717, 1.165) is 24.3 Å². The summed E-state index contributed by atoms with van der Waals surface area (Å²) in [5.74, 6) is -3.19. The number of aryl methyl sites for hydroxylation is 1. The number of allylic oxidation sites excluding steroid dienone is 1. The topological polar surface area (TPSA) is 67.5 Å². The number of hydrogen-bond donors (Lipinski definition) is 1. The summed E-state index contributed by atoms with van der Waals surface area (Å²) in [6, 6.07) is 4.22. The molecule has 0 aliphatic rings. The molecule has 0 bridgehead atoms. The van der Waals surface area contributed by atoms with Gasteiger partial charge in [-0.25, -0.2) is 13.6 Å². The first-order chi connectivity index (χ1) is 9.88.